The van der Waals surface area contributed by atoms with Gasteiger partial charge in [-0.25, -0.2) is 0 Å². The van der Waals surface area contributed by atoms with Crippen LogP contribution in [0, 0.1) is 12.0 Å². The third kappa shape index (κ3) is 1.93. The van der Waals surface area contributed by atoms with E-state index in [2.05, 4.69) is 25.2 Å². The fourth-order valence-corrected chi connectivity index (χ4v) is 2.33. The Morgan fingerprint density at radius 1 is 1.31 bits per heavy atom. The molecule has 1 fully saturated rings. The van der Waals surface area contributed by atoms with Crippen molar-refractivity contribution >= 4 is 0 Å². The van der Waals surface area contributed by atoms with Gasteiger partial charge in [0.25, 0.3) is 0 Å². The van der Waals surface area contributed by atoms with E-state index in [0.29, 0.717) is 0 Å². The molecule has 0 nitrogen and oxygen atoms in total. The van der Waals surface area contributed by atoms with E-state index in [1.165, 1.54) is 37.7 Å². The number of hydrogen-bond acceptors (Lipinski definition) is 0. The van der Waals surface area contributed by atoms with Crippen molar-refractivity contribution in [2.75, 3.05) is 0 Å². The lowest BCUT2D eigenvalue weighted by Crippen LogP contribution is -2.08. The van der Waals surface area contributed by atoms with Crippen molar-refractivity contribution in [3.8, 4) is 0 Å². The van der Waals surface area contributed by atoms with E-state index in [-0.39, 0.29) is 0 Å². The van der Waals surface area contributed by atoms with Crippen LogP contribution in [0.1, 0.15) is 39.0 Å². The van der Waals surface area contributed by atoms with Crippen molar-refractivity contribution in [1.29, 1.82) is 0 Å². The lowest BCUT2D eigenvalue weighted by Gasteiger charge is -2.23. The van der Waals surface area contributed by atoms with Crippen molar-refractivity contribution in [3.63, 3.8) is 0 Å². The SMILES string of the molecule is CC(=C1[C]=CC=C1)C1CCCCC1. The summed E-state index contributed by atoms with van der Waals surface area (Å²) in [6.45, 7) is 2.28. The van der Waals surface area contributed by atoms with Gasteiger partial charge in [-0.1, -0.05) is 43.1 Å². The molecule has 0 spiro atoms. The Kier molecular flexibility index (Phi) is 2.68. The van der Waals surface area contributed by atoms with Crippen molar-refractivity contribution < 1.29 is 0 Å². The van der Waals surface area contributed by atoms with E-state index in [9.17, 15) is 0 Å². The summed E-state index contributed by atoms with van der Waals surface area (Å²) >= 11 is 0. The summed E-state index contributed by atoms with van der Waals surface area (Å²) in [6.07, 6.45) is 16.6. The zero-order valence-corrected chi connectivity index (χ0v) is 8.34. The van der Waals surface area contributed by atoms with Crippen LogP contribution in [-0.4, -0.2) is 0 Å². The molecule has 0 unspecified atom stereocenters. The van der Waals surface area contributed by atoms with E-state index in [0.717, 1.165) is 5.92 Å². The third-order valence-corrected chi connectivity index (χ3v) is 3.24. The molecule has 0 atom stereocenters. The molecule has 2 rings (SSSR count). The first kappa shape index (κ1) is 8.80. The molecule has 2 aliphatic rings. The molecule has 0 heteroatoms. The lowest BCUT2D eigenvalue weighted by molar-refractivity contribution is 0.402. The Balaban J connectivity index is 2.10. The average Bonchev–Trinajstić information content (AvgIpc) is 2.71. The van der Waals surface area contributed by atoms with Gasteiger partial charge < -0.3 is 0 Å². The summed E-state index contributed by atoms with van der Waals surface area (Å²) in [7, 11) is 0. The third-order valence-electron chi connectivity index (χ3n) is 3.24. The van der Waals surface area contributed by atoms with Crippen LogP contribution in [0.3, 0.4) is 0 Å². The standard InChI is InChI=1S/C13H17/c1-11(13-9-5-6-10-13)12-7-3-2-4-8-12/h5-6,9,12H,2-4,7-8H2,1H3. The van der Waals surface area contributed by atoms with Crippen LogP contribution in [-0.2, 0) is 0 Å². The Bertz CT molecular complexity index is 246. The van der Waals surface area contributed by atoms with Crippen molar-refractivity contribution in [2.24, 2.45) is 5.92 Å². The minimum atomic E-state index is 0.840. The Morgan fingerprint density at radius 2 is 2.08 bits per heavy atom. The topological polar surface area (TPSA) is 0 Å². The van der Waals surface area contributed by atoms with E-state index in [1.807, 2.05) is 6.08 Å². The maximum absolute atomic E-state index is 3.30. The molecule has 0 aromatic rings. The van der Waals surface area contributed by atoms with E-state index < -0.39 is 0 Å². The predicted octanol–water partition coefficient (Wildman–Crippen LogP) is 3.81. The molecule has 13 heavy (non-hydrogen) atoms. The molecule has 0 N–H and O–H groups in total. The van der Waals surface area contributed by atoms with Crippen LogP contribution in [0.5, 0.6) is 0 Å². The summed E-state index contributed by atoms with van der Waals surface area (Å²) in [6, 6.07) is 0. The minimum Gasteiger partial charge on any atom is -0.0624 e. The second kappa shape index (κ2) is 3.95. The maximum atomic E-state index is 3.30. The molecular formula is C13H17. The first-order valence-electron chi connectivity index (χ1n) is 5.35. The fourth-order valence-electron chi connectivity index (χ4n) is 2.33. The first-order valence-corrected chi connectivity index (χ1v) is 5.35. The van der Waals surface area contributed by atoms with Gasteiger partial charge in [0, 0.05) is 0 Å². The summed E-state index contributed by atoms with van der Waals surface area (Å²) in [5, 5.41) is 0. The van der Waals surface area contributed by atoms with Crippen LogP contribution in [0.25, 0.3) is 0 Å². The highest BCUT2D eigenvalue weighted by molar-refractivity contribution is 5.39. The Morgan fingerprint density at radius 3 is 2.69 bits per heavy atom. The zero-order valence-electron chi connectivity index (χ0n) is 8.34. The molecule has 0 aromatic carbocycles. The first-order chi connectivity index (χ1) is 6.38. The molecule has 0 aliphatic heterocycles. The molecule has 2 aliphatic carbocycles. The summed E-state index contributed by atoms with van der Waals surface area (Å²) < 4.78 is 0. The number of allylic oxidation sites excluding steroid dienone is 6. The monoisotopic (exact) mass is 173 g/mol. The molecule has 0 heterocycles. The van der Waals surface area contributed by atoms with Crippen LogP contribution in [0.4, 0.5) is 0 Å². The molecule has 0 aromatic heterocycles. The Labute approximate surface area is 81.0 Å². The van der Waals surface area contributed by atoms with Gasteiger partial charge in [-0.15, -0.1) is 0 Å². The summed E-state index contributed by atoms with van der Waals surface area (Å²) in [5.74, 6) is 0.840. The molecule has 0 saturated heterocycles. The Hall–Kier alpha value is -0.780. The lowest BCUT2D eigenvalue weighted by atomic mass is 9.82. The second-order valence-corrected chi connectivity index (χ2v) is 4.10. The van der Waals surface area contributed by atoms with Gasteiger partial charge >= 0.3 is 0 Å². The molecule has 1 saturated carbocycles. The van der Waals surface area contributed by atoms with E-state index >= 15 is 0 Å². The highest BCUT2D eigenvalue weighted by Crippen LogP contribution is 2.32. The van der Waals surface area contributed by atoms with Gasteiger partial charge in [0.15, 0.2) is 0 Å². The van der Waals surface area contributed by atoms with Gasteiger partial charge in [-0.05, 0) is 37.3 Å². The van der Waals surface area contributed by atoms with Gasteiger partial charge in [-0.3, -0.25) is 0 Å². The minimum absolute atomic E-state index is 0.840. The molecule has 0 amide bonds. The van der Waals surface area contributed by atoms with Gasteiger partial charge in [-0.2, -0.15) is 0 Å². The van der Waals surface area contributed by atoms with Gasteiger partial charge in [0.2, 0.25) is 0 Å². The van der Waals surface area contributed by atoms with Crippen molar-refractivity contribution in [3.05, 3.63) is 35.5 Å². The predicted molar refractivity (Wildman–Crippen MR) is 56.2 cm³/mol. The van der Waals surface area contributed by atoms with E-state index in [1.54, 1.807) is 5.57 Å². The largest absolute Gasteiger partial charge is 0.0624 e. The van der Waals surface area contributed by atoms with Crippen LogP contribution >= 0.6 is 0 Å². The van der Waals surface area contributed by atoms with Gasteiger partial charge in [0.1, 0.15) is 0 Å². The van der Waals surface area contributed by atoms with Crippen molar-refractivity contribution in [2.45, 2.75) is 39.0 Å². The normalized spacial score (nSPS) is 26.8. The number of rotatable bonds is 1. The van der Waals surface area contributed by atoms with Crippen LogP contribution in [0.15, 0.2) is 29.4 Å². The van der Waals surface area contributed by atoms with Crippen molar-refractivity contribution in [1.82, 2.24) is 0 Å². The zero-order chi connectivity index (χ0) is 9.10. The number of hydrogen-bond donors (Lipinski definition) is 0. The summed E-state index contributed by atoms with van der Waals surface area (Å²) in [5.41, 5.74) is 2.90. The molecule has 69 valence electrons. The quantitative estimate of drug-likeness (QED) is 0.565. The summed E-state index contributed by atoms with van der Waals surface area (Å²) in [4.78, 5) is 0. The second-order valence-electron chi connectivity index (χ2n) is 4.10. The highest BCUT2D eigenvalue weighted by Gasteiger charge is 2.16. The molecule has 0 bridgehead atoms. The smallest absolute Gasteiger partial charge is 0.0106 e. The molecule has 1 radical (unpaired) electrons. The van der Waals surface area contributed by atoms with Crippen LogP contribution in [0.2, 0.25) is 0 Å². The van der Waals surface area contributed by atoms with Gasteiger partial charge in [0.05, 0.1) is 0 Å². The maximum Gasteiger partial charge on any atom is -0.0106 e. The highest BCUT2D eigenvalue weighted by atomic mass is 14.2. The molecular weight excluding hydrogens is 156 g/mol. The van der Waals surface area contributed by atoms with Crippen LogP contribution < -0.4 is 0 Å². The fraction of sp³-hybridized carbons (Fsp3) is 0.538. The van der Waals surface area contributed by atoms with E-state index in [4.69, 9.17) is 0 Å². The average molecular weight is 173 g/mol.